The number of carboxylic acid groups (broad SMARTS) is 1. The third-order valence-electron chi connectivity index (χ3n) is 2.09. The lowest BCUT2D eigenvalue weighted by atomic mass is 10.2. The Morgan fingerprint density at radius 1 is 1.35 bits per heavy atom. The van der Waals surface area contributed by atoms with Crippen molar-refractivity contribution >= 4 is 17.7 Å². The lowest BCUT2D eigenvalue weighted by molar-refractivity contribution is 0.0692. The van der Waals surface area contributed by atoms with Crippen LogP contribution in [0, 0.1) is 6.92 Å². The lowest BCUT2D eigenvalue weighted by Gasteiger charge is -2.05. The first-order valence-electron chi connectivity index (χ1n) is 4.95. The molecular formula is C12H10N2O2S. The SMILES string of the molecule is Cc1cc(Sc2ccccn2)c(C(=O)O)cn1. The van der Waals surface area contributed by atoms with Crippen LogP contribution in [0.3, 0.4) is 0 Å². The normalized spacial score (nSPS) is 10.2. The van der Waals surface area contributed by atoms with Gasteiger partial charge in [-0.2, -0.15) is 0 Å². The number of aryl methyl sites for hydroxylation is 1. The van der Waals surface area contributed by atoms with E-state index < -0.39 is 5.97 Å². The van der Waals surface area contributed by atoms with Gasteiger partial charge in [0.25, 0.3) is 0 Å². The molecule has 0 aliphatic heterocycles. The van der Waals surface area contributed by atoms with Crippen LogP contribution in [0.1, 0.15) is 16.1 Å². The number of rotatable bonds is 3. The minimum absolute atomic E-state index is 0.200. The lowest BCUT2D eigenvalue weighted by Crippen LogP contribution is -2.00. The minimum Gasteiger partial charge on any atom is -0.478 e. The summed E-state index contributed by atoms with van der Waals surface area (Å²) in [6.07, 6.45) is 3.06. The van der Waals surface area contributed by atoms with E-state index in [-0.39, 0.29) is 5.56 Å². The molecule has 1 N–H and O–H groups in total. The highest BCUT2D eigenvalue weighted by Crippen LogP contribution is 2.28. The van der Waals surface area contributed by atoms with Crippen molar-refractivity contribution in [3.63, 3.8) is 0 Å². The van der Waals surface area contributed by atoms with E-state index in [2.05, 4.69) is 9.97 Å². The van der Waals surface area contributed by atoms with E-state index >= 15 is 0 Å². The fourth-order valence-corrected chi connectivity index (χ4v) is 2.26. The van der Waals surface area contributed by atoms with Crippen LogP contribution in [0.2, 0.25) is 0 Å². The molecule has 2 heterocycles. The predicted molar refractivity (Wildman–Crippen MR) is 64.3 cm³/mol. The first-order chi connectivity index (χ1) is 8.16. The van der Waals surface area contributed by atoms with Crippen molar-refractivity contribution in [2.24, 2.45) is 0 Å². The predicted octanol–water partition coefficient (Wildman–Crippen LogP) is 2.63. The Morgan fingerprint density at radius 3 is 2.82 bits per heavy atom. The zero-order valence-corrected chi connectivity index (χ0v) is 9.94. The van der Waals surface area contributed by atoms with E-state index in [1.165, 1.54) is 18.0 Å². The van der Waals surface area contributed by atoms with Gasteiger partial charge in [-0.15, -0.1) is 0 Å². The molecule has 0 unspecified atom stereocenters. The van der Waals surface area contributed by atoms with Gasteiger partial charge < -0.3 is 5.11 Å². The van der Waals surface area contributed by atoms with Gasteiger partial charge in [0.15, 0.2) is 0 Å². The molecule has 2 aromatic rings. The van der Waals surface area contributed by atoms with Gasteiger partial charge in [-0.25, -0.2) is 9.78 Å². The summed E-state index contributed by atoms with van der Waals surface area (Å²) < 4.78 is 0. The molecule has 0 saturated carbocycles. The Balaban J connectivity index is 2.37. The summed E-state index contributed by atoms with van der Waals surface area (Å²) in [6, 6.07) is 7.28. The van der Waals surface area contributed by atoms with Gasteiger partial charge in [0.1, 0.15) is 5.03 Å². The molecular weight excluding hydrogens is 236 g/mol. The van der Waals surface area contributed by atoms with E-state index in [0.717, 1.165) is 10.7 Å². The maximum atomic E-state index is 11.0. The van der Waals surface area contributed by atoms with E-state index in [1.807, 2.05) is 25.1 Å². The molecule has 0 radical (unpaired) electrons. The van der Waals surface area contributed by atoms with E-state index in [1.54, 1.807) is 12.3 Å². The van der Waals surface area contributed by atoms with Crippen LogP contribution in [0.4, 0.5) is 0 Å². The van der Waals surface area contributed by atoms with E-state index in [9.17, 15) is 4.79 Å². The molecule has 5 heteroatoms. The monoisotopic (exact) mass is 246 g/mol. The van der Waals surface area contributed by atoms with Crippen molar-refractivity contribution in [1.29, 1.82) is 0 Å². The fourth-order valence-electron chi connectivity index (χ4n) is 1.30. The Bertz CT molecular complexity index is 543. The van der Waals surface area contributed by atoms with Gasteiger partial charge in [-0.05, 0) is 25.1 Å². The molecule has 0 bridgehead atoms. The average Bonchev–Trinajstić information content (AvgIpc) is 2.30. The van der Waals surface area contributed by atoms with Crippen molar-refractivity contribution < 1.29 is 9.90 Å². The second-order valence-electron chi connectivity index (χ2n) is 3.40. The highest BCUT2D eigenvalue weighted by atomic mass is 32.2. The van der Waals surface area contributed by atoms with Gasteiger partial charge >= 0.3 is 5.97 Å². The number of carbonyl (C=O) groups is 1. The average molecular weight is 246 g/mol. The number of carboxylic acids is 1. The van der Waals surface area contributed by atoms with Crippen molar-refractivity contribution in [3.05, 3.63) is 47.9 Å². The molecule has 4 nitrogen and oxygen atoms in total. The van der Waals surface area contributed by atoms with E-state index in [0.29, 0.717) is 4.90 Å². The summed E-state index contributed by atoms with van der Waals surface area (Å²) in [4.78, 5) is 19.8. The Kier molecular flexibility index (Phi) is 3.39. The molecule has 0 spiro atoms. The van der Waals surface area contributed by atoms with Crippen LogP contribution in [-0.2, 0) is 0 Å². The van der Waals surface area contributed by atoms with Gasteiger partial charge in [-0.3, -0.25) is 4.98 Å². The zero-order valence-electron chi connectivity index (χ0n) is 9.12. The van der Waals surface area contributed by atoms with Crippen LogP contribution >= 0.6 is 11.8 Å². The topological polar surface area (TPSA) is 63.1 Å². The molecule has 17 heavy (non-hydrogen) atoms. The smallest absolute Gasteiger partial charge is 0.338 e. The third kappa shape index (κ3) is 2.82. The highest BCUT2D eigenvalue weighted by Gasteiger charge is 2.12. The largest absolute Gasteiger partial charge is 0.478 e. The molecule has 0 atom stereocenters. The first-order valence-corrected chi connectivity index (χ1v) is 5.77. The number of pyridine rings is 2. The minimum atomic E-state index is -0.976. The number of aromatic carboxylic acids is 1. The van der Waals surface area contributed by atoms with Crippen molar-refractivity contribution in [3.8, 4) is 0 Å². The van der Waals surface area contributed by atoms with Crippen LogP contribution in [0.25, 0.3) is 0 Å². The van der Waals surface area contributed by atoms with Crippen LogP contribution in [0.15, 0.2) is 46.6 Å². The molecule has 2 aromatic heterocycles. The zero-order chi connectivity index (χ0) is 12.3. The van der Waals surface area contributed by atoms with Crippen LogP contribution in [0.5, 0.6) is 0 Å². The molecule has 0 aliphatic carbocycles. The second kappa shape index (κ2) is 4.97. The first kappa shape index (κ1) is 11.6. The summed E-state index contributed by atoms with van der Waals surface area (Å²) >= 11 is 1.32. The molecule has 2 rings (SSSR count). The Labute approximate surface area is 103 Å². The molecule has 0 aromatic carbocycles. The summed E-state index contributed by atoms with van der Waals surface area (Å²) in [7, 11) is 0. The quantitative estimate of drug-likeness (QED) is 0.902. The number of nitrogens with zero attached hydrogens (tertiary/aromatic N) is 2. The standard InChI is InChI=1S/C12H10N2O2S/c1-8-6-10(9(7-14-8)12(15)16)17-11-4-2-3-5-13-11/h2-7H,1H3,(H,15,16). The maximum Gasteiger partial charge on any atom is 0.338 e. The van der Waals surface area contributed by atoms with Crippen molar-refractivity contribution in [2.45, 2.75) is 16.8 Å². The molecule has 0 saturated heterocycles. The summed E-state index contributed by atoms with van der Waals surface area (Å²) in [5.74, 6) is -0.976. The molecule has 0 aliphatic rings. The third-order valence-corrected chi connectivity index (χ3v) is 3.09. The van der Waals surface area contributed by atoms with Crippen molar-refractivity contribution in [1.82, 2.24) is 9.97 Å². The fraction of sp³-hybridized carbons (Fsp3) is 0.0833. The van der Waals surface area contributed by atoms with Gasteiger partial charge in [0, 0.05) is 23.0 Å². The van der Waals surface area contributed by atoms with Gasteiger partial charge in [0.2, 0.25) is 0 Å². The van der Waals surface area contributed by atoms with E-state index in [4.69, 9.17) is 5.11 Å². The van der Waals surface area contributed by atoms with Gasteiger partial charge in [0.05, 0.1) is 5.56 Å². The second-order valence-corrected chi connectivity index (χ2v) is 4.46. The molecule has 0 amide bonds. The van der Waals surface area contributed by atoms with Crippen LogP contribution in [-0.4, -0.2) is 21.0 Å². The molecule has 0 fully saturated rings. The Hall–Kier alpha value is -1.88. The highest BCUT2D eigenvalue weighted by molar-refractivity contribution is 7.99. The number of hydrogen-bond acceptors (Lipinski definition) is 4. The summed E-state index contributed by atoms with van der Waals surface area (Å²) in [5, 5.41) is 9.83. The van der Waals surface area contributed by atoms with Gasteiger partial charge in [-0.1, -0.05) is 17.8 Å². The van der Waals surface area contributed by atoms with Crippen LogP contribution < -0.4 is 0 Å². The molecule has 86 valence electrons. The Morgan fingerprint density at radius 2 is 2.18 bits per heavy atom. The summed E-state index contributed by atoms with van der Waals surface area (Å²) in [5.41, 5.74) is 0.986. The number of aromatic nitrogens is 2. The number of hydrogen-bond donors (Lipinski definition) is 1. The summed E-state index contributed by atoms with van der Waals surface area (Å²) in [6.45, 7) is 1.83. The van der Waals surface area contributed by atoms with Crippen molar-refractivity contribution in [2.75, 3.05) is 0 Å². The maximum absolute atomic E-state index is 11.0.